The van der Waals surface area contributed by atoms with Gasteiger partial charge in [0.1, 0.15) is 0 Å². The molecule has 3 rings (SSSR count). The number of aromatic amines is 2. The van der Waals surface area contributed by atoms with Gasteiger partial charge in [-0.25, -0.2) is 0 Å². The molecule has 0 aliphatic heterocycles. The fraction of sp³-hybridized carbons (Fsp3) is 0. The number of hydrogen-bond donors (Lipinski definition) is 2. The van der Waals surface area contributed by atoms with Crippen molar-refractivity contribution >= 4 is 31.9 Å². The van der Waals surface area contributed by atoms with Crippen molar-refractivity contribution in [2.24, 2.45) is 0 Å². The third-order valence-electron chi connectivity index (χ3n) is 2.81. The normalized spacial score (nSPS) is 10.8. The predicted molar refractivity (Wildman–Crippen MR) is 81.4 cm³/mol. The molecule has 3 aromatic rings. The van der Waals surface area contributed by atoms with E-state index in [2.05, 4.69) is 66.1 Å². The molecule has 0 fully saturated rings. The standard InChI is InChI=1S/C14H10Br2N2/c15-13-7-5-11(17-13)9-3-1-2-4-10(9)12-6-8-14(16)18-12/h1-8,17-18H. The van der Waals surface area contributed by atoms with Crippen LogP contribution in [0.3, 0.4) is 0 Å². The number of nitrogens with one attached hydrogen (secondary N) is 2. The van der Waals surface area contributed by atoms with Crippen LogP contribution in [-0.2, 0) is 0 Å². The van der Waals surface area contributed by atoms with E-state index in [0.717, 1.165) is 20.6 Å². The zero-order valence-corrected chi connectivity index (χ0v) is 12.5. The molecule has 0 saturated carbocycles. The molecule has 0 radical (unpaired) electrons. The highest BCUT2D eigenvalue weighted by atomic mass is 79.9. The van der Waals surface area contributed by atoms with Gasteiger partial charge in [-0.1, -0.05) is 24.3 Å². The van der Waals surface area contributed by atoms with Crippen LogP contribution < -0.4 is 0 Å². The molecule has 2 heterocycles. The summed E-state index contributed by atoms with van der Waals surface area (Å²) in [6, 6.07) is 16.5. The Kier molecular flexibility index (Phi) is 3.14. The molecular weight excluding hydrogens is 356 g/mol. The zero-order chi connectivity index (χ0) is 12.5. The highest BCUT2D eigenvalue weighted by Crippen LogP contribution is 2.32. The van der Waals surface area contributed by atoms with Crippen molar-refractivity contribution in [1.82, 2.24) is 9.97 Å². The summed E-state index contributed by atoms with van der Waals surface area (Å²) in [5, 5.41) is 0. The first kappa shape index (κ1) is 11.8. The number of benzene rings is 1. The van der Waals surface area contributed by atoms with E-state index in [9.17, 15) is 0 Å². The summed E-state index contributed by atoms with van der Waals surface area (Å²) in [4.78, 5) is 6.60. The van der Waals surface area contributed by atoms with Crippen LogP contribution >= 0.6 is 31.9 Å². The molecule has 4 heteroatoms. The Morgan fingerprint density at radius 3 is 1.39 bits per heavy atom. The van der Waals surface area contributed by atoms with Crippen molar-refractivity contribution in [3.63, 3.8) is 0 Å². The van der Waals surface area contributed by atoms with Crippen molar-refractivity contribution in [2.75, 3.05) is 0 Å². The van der Waals surface area contributed by atoms with Gasteiger partial charge in [-0.2, -0.15) is 0 Å². The Hall–Kier alpha value is -1.26. The Labute approximate surface area is 122 Å². The van der Waals surface area contributed by atoms with Gasteiger partial charge in [0.25, 0.3) is 0 Å². The number of rotatable bonds is 2. The van der Waals surface area contributed by atoms with Gasteiger partial charge < -0.3 is 9.97 Å². The lowest BCUT2D eigenvalue weighted by atomic mass is 10.0. The van der Waals surface area contributed by atoms with Gasteiger partial charge in [0, 0.05) is 22.5 Å². The summed E-state index contributed by atoms with van der Waals surface area (Å²) in [6.07, 6.45) is 0. The van der Waals surface area contributed by atoms with E-state index in [4.69, 9.17) is 0 Å². The van der Waals surface area contributed by atoms with E-state index < -0.39 is 0 Å². The second-order valence-corrected chi connectivity index (χ2v) is 5.69. The minimum absolute atomic E-state index is 0.986. The summed E-state index contributed by atoms with van der Waals surface area (Å²) in [6.45, 7) is 0. The second kappa shape index (κ2) is 4.78. The summed E-state index contributed by atoms with van der Waals surface area (Å²) in [5.74, 6) is 0. The fourth-order valence-electron chi connectivity index (χ4n) is 2.00. The van der Waals surface area contributed by atoms with Gasteiger partial charge in [0.2, 0.25) is 0 Å². The third kappa shape index (κ3) is 2.18. The minimum atomic E-state index is 0.986. The van der Waals surface area contributed by atoms with E-state index in [0.29, 0.717) is 0 Å². The van der Waals surface area contributed by atoms with Gasteiger partial charge in [-0.3, -0.25) is 0 Å². The van der Waals surface area contributed by atoms with Gasteiger partial charge in [0.15, 0.2) is 0 Å². The van der Waals surface area contributed by atoms with Crippen molar-refractivity contribution in [2.45, 2.75) is 0 Å². The first-order valence-electron chi connectivity index (χ1n) is 5.53. The Morgan fingerprint density at radius 2 is 1.06 bits per heavy atom. The molecule has 0 bridgehead atoms. The van der Waals surface area contributed by atoms with E-state index in [-0.39, 0.29) is 0 Å². The van der Waals surface area contributed by atoms with E-state index >= 15 is 0 Å². The Morgan fingerprint density at radius 1 is 0.611 bits per heavy atom. The summed E-state index contributed by atoms with van der Waals surface area (Å²) < 4.78 is 1.97. The van der Waals surface area contributed by atoms with Gasteiger partial charge in [-0.15, -0.1) is 0 Å². The van der Waals surface area contributed by atoms with E-state index in [1.807, 2.05) is 24.3 Å². The number of H-pyrrole nitrogens is 2. The maximum atomic E-state index is 3.44. The molecular formula is C14H10Br2N2. The van der Waals surface area contributed by atoms with Crippen LogP contribution in [0.15, 0.2) is 57.7 Å². The van der Waals surface area contributed by atoms with Crippen molar-refractivity contribution in [1.29, 1.82) is 0 Å². The average molecular weight is 366 g/mol. The highest BCUT2D eigenvalue weighted by molar-refractivity contribution is 9.10. The molecule has 18 heavy (non-hydrogen) atoms. The fourth-order valence-corrected chi connectivity index (χ4v) is 2.70. The Bertz CT molecular complexity index is 623. The largest absolute Gasteiger partial charge is 0.349 e. The summed E-state index contributed by atoms with van der Waals surface area (Å²) in [5.41, 5.74) is 4.56. The van der Waals surface area contributed by atoms with Crippen LogP contribution in [0.2, 0.25) is 0 Å². The van der Waals surface area contributed by atoms with Crippen LogP contribution in [0.4, 0.5) is 0 Å². The SMILES string of the molecule is Brc1ccc(-c2ccccc2-c2ccc(Br)[nH]2)[nH]1. The molecule has 0 saturated heterocycles. The smallest absolute Gasteiger partial charge is 0.0824 e. The zero-order valence-electron chi connectivity index (χ0n) is 9.37. The van der Waals surface area contributed by atoms with Crippen LogP contribution in [0.5, 0.6) is 0 Å². The average Bonchev–Trinajstić information content (AvgIpc) is 2.98. The van der Waals surface area contributed by atoms with Gasteiger partial charge in [-0.05, 0) is 56.1 Å². The molecule has 0 amide bonds. The van der Waals surface area contributed by atoms with E-state index in [1.165, 1.54) is 11.1 Å². The molecule has 2 aromatic heterocycles. The lowest BCUT2D eigenvalue weighted by Crippen LogP contribution is -1.85. The first-order valence-corrected chi connectivity index (χ1v) is 7.11. The van der Waals surface area contributed by atoms with Crippen LogP contribution in [0, 0.1) is 0 Å². The maximum absolute atomic E-state index is 3.44. The maximum Gasteiger partial charge on any atom is 0.0824 e. The molecule has 0 atom stereocenters. The number of hydrogen-bond acceptors (Lipinski definition) is 0. The third-order valence-corrected chi connectivity index (χ3v) is 3.73. The number of aromatic nitrogens is 2. The topological polar surface area (TPSA) is 31.6 Å². The van der Waals surface area contributed by atoms with E-state index in [1.54, 1.807) is 0 Å². The van der Waals surface area contributed by atoms with Crippen molar-refractivity contribution in [3.05, 3.63) is 57.7 Å². The molecule has 0 spiro atoms. The molecule has 1 aromatic carbocycles. The number of halogens is 2. The predicted octanol–water partition coefficient (Wildman–Crippen LogP) is 5.20. The monoisotopic (exact) mass is 364 g/mol. The van der Waals surface area contributed by atoms with Crippen LogP contribution in [-0.4, -0.2) is 9.97 Å². The lowest BCUT2D eigenvalue weighted by Gasteiger charge is -2.06. The van der Waals surface area contributed by atoms with Crippen LogP contribution in [0.1, 0.15) is 0 Å². The first-order chi connectivity index (χ1) is 8.74. The molecule has 0 aliphatic rings. The molecule has 0 aliphatic carbocycles. The van der Waals surface area contributed by atoms with Crippen molar-refractivity contribution in [3.8, 4) is 22.5 Å². The van der Waals surface area contributed by atoms with Crippen LogP contribution in [0.25, 0.3) is 22.5 Å². The second-order valence-electron chi connectivity index (χ2n) is 3.99. The summed E-state index contributed by atoms with van der Waals surface area (Å²) in [7, 11) is 0. The highest BCUT2D eigenvalue weighted by Gasteiger charge is 2.09. The molecule has 0 unspecified atom stereocenters. The van der Waals surface area contributed by atoms with Crippen molar-refractivity contribution < 1.29 is 0 Å². The quantitative estimate of drug-likeness (QED) is 0.625. The minimum Gasteiger partial charge on any atom is -0.349 e. The molecule has 90 valence electrons. The lowest BCUT2D eigenvalue weighted by molar-refractivity contribution is 1.33. The van der Waals surface area contributed by atoms with Gasteiger partial charge in [0.05, 0.1) is 9.21 Å². The summed E-state index contributed by atoms with van der Waals surface area (Å²) >= 11 is 6.89. The molecule has 2 N–H and O–H groups in total. The van der Waals surface area contributed by atoms with Gasteiger partial charge >= 0.3 is 0 Å². The Balaban J connectivity index is 2.16. The molecule has 2 nitrogen and oxygen atoms in total.